The smallest absolute Gasteiger partial charge is 0.255 e. The maximum absolute atomic E-state index is 13.2. The van der Waals surface area contributed by atoms with Gasteiger partial charge in [-0.25, -0.2) is 13.2 Å². The molecule has 0 radical (unpaired) electrons. The summed E-state index contributed by atoms with van der Waals surface area (Å²) in [6.07, 6.45) is -2.64. The number of hydrogen-bond acceptors (Lipinski definition) is 1. The van der Waals surface area contributed by atoms with Gasteiger partial charge in [-0.3, -0.25) is 4.79 Å². The second-order valence-corrected chi connectivity index (χ2v) is 3.86. The van der Waals surface area contributed by atoms with Crippen molar-refractivity contribution < 1.29 is 18.0 Å². The largest absolute Gasteiger partial charge is 0.346 e. The number of rotatable bonds is 3. The molecular weight excluding hydrogens is 322 g/mol. The molecule has 0 spiro atoms. The van der Waals surface area contributed by atoms with Gasteiger partial charge in [-0.15, -0.1) is 0 Å². The zero-order valence-electron chi connectivity index (χ0n) is 7.44. The van der Waals surface area contributed by atoms with Crippen molar-refractivity contribution in [1.82, 2.24) is 5.32 Å². The first kappa shape index (κ1) is 12.3. The molecule has 1 aromatic rings. The minimum Gasteiger partial charge on any atom is -0.346 e. The molecule has 0 aliphatic rings. The van der Waals surface area contributed by atoms with Crippen LogP contribution >= 0.6 is 22.6 Å². The molecule has 2 nitrogen and oxygen atoms in total. The molecule has 1 aromatic carbocycles. The molecule has 0 heterocycles. The first-order valence-electron chi connectivity index (χ1n) is 4.02. The van der Waals surface area contributed by atoms with Crippen LogP contribution < -0.4 is 5.32 Å². The van der Waals surface area contributed by atoms with Crippen molar-refractivity contribution in [2.24, 2.45) is 0 Å². The molecule has 0 aliphatic heterocycles. The van der Waals surface area contributed by atoms with Gasteiger partial charge >= 0.3 is 0 Å². The first-order chi connectivity index (χ1) is 7.02. The molecule has 0 unspecified atom stereocenters. The number of amides is 1. The Morgan fingerprint density at radius 3 is 2.67 bits per heavy atom. The summed E-state index contributed by atoms with van der Waals surface area (Å²) < 4.78 is 37.2. The Hall–Kier alpha value is -0.790. The third-order valence-corrected chi connectivity index (χ3v) is 2.51. The highest BCUT2D eigenvalue weighted by atomic mass is 127. The van der Waals surface area contributed by atoms with E-state index < -0.39 is 24.7 Å². The Kier molecular flexibility index (Phi) is 4.37. The highest BCUT2D eigenvalue weighted by Crippen LogP contribution is 2.15. The van der Waals surface area contributed by atoms with Gasteiger partial charge in [0.15, 0.2) is 0 Å². The molecule has 0 aromatic heterocycles. The molecule has 1 rings (SSSR count). The Bertz CT molecular complexity index is 350. The fourth-order valence-electron chi connectivity index (χ4n) is 0.973. The van der Waals surface area contributed by atoms with E-state index in [0.717, 1.165) is 6.07 Å². The number of benzene rings is 1. The van der Waals surface area contributed by atoms with E-state index in [0.29, 0.717) is 3.57 Å². The van der Waals surface area contributed by atoms with Gasteiger partial charge < -0.3 is 5.32 Å². The average Bonchev–Trinajstić information content (AvgIpc) is 2.14. The third kappa shape index (κ3) is 3.37. The van der Waals surface area contributed by atoms with E-state index in [1.54, 1.807) is 22.6 Å². The van der Waals surface area contributed by atoms with Gasteiger partial charge in [0.25, 0.3) is 12.3 Å². The van der Waals surface area contributed by atoms with E-state index in [9.17, 15) is 18.0 Å². The number of carbonyl (C=O) groups excluding carboxylic acids is 1. The Morgan fingerprint density at radius 2 is 2.13 bits per heavy atom. The number of hydrogen-bond donors (Lipinski definition) is 1. The predicted octanol–water partition coefficient (Wildman–Crippen LogP) is 2.43. The molecule has 0 aliphatic carbocycles. The van der Waals surface area contributed by atoms with Gasteiger partial charge in [0, 0.05) is 3.57 Å². The lowest BCUT2D eigenvalue weighted by molar-refractivity contribution is 0.0887. The molecular formula is C9H7F3INO. The Morgan fingerprint density at radius 1 is 1.47 bits per heavy atom. The van der Waals surface area contributed by atoms with Crippen LogP contribution in [0.5, 0.6) is 0 Å². The summed E-state index contributed by atoms with van der Waals surface area (Å²) in [5, 5.41) is 1.95. The van der Waals surface area contributed by atoms with E-state index in [2.05, 4.69) is 0 Å². The van der Waals surface area contributed by atoms with Crippen LogP contribution in [0.4, 0.5) is 13.2 Å². The average molecular weight is 329 g/mol. The van der Waals surface area contributed by atoms with Crippen LogP contribution in [0.15, 0.2) is 18.2 Å². The minimum atomic E-state index is -2.64. The van der Waals surface area contributed by atoms with E-state index in [1.165, 1.54) is 12.1 Å². The van der Waals surface area contributed by atoms with Crippen LogP contribution in [0.3, 0.4) is 0 Å². The molecule has 0 bridgehead atoms. The van der Waals surface area contributed by atoms with Crippen molar-refractivity contribution >= 4 is 28.5 Å². The van der Waals surface area contributed by atoms with Crippen molar-refractivity contribution in [1.29, 1.82) is 0 Å². The van der Waals surface area contributed by atoms with Gasteiger partial charge in [0.2, 0.25) is 0 Å². The Balaban J connectivity index is 2.82. The van der Waals surface area contributed by atoms with Gasteiger partial charge in [-0.2, -0.15) is 0 Å². The van der Waals surface area contributed by atoms with Crippen molar-refractivity contribution in [2.45, 2.75) is 6.43 Å². The predicted molar refractivity (Wildman–Crippen MR) is 57.5 cm³/mol. The lowest BCUT2D eigenvalue weighted by atomic mass is 10.2. The second-order valence-electron chi connectivity index (χ2n) is 2.70. The summed E-state index contributed by atoms with van der Waals surface area (Å²) in [5.41, 5.74) is -0.196. The molecule has 0 atom stereocenters. The van der Waals surface area contributed by atoms with Crippen molar-refractivity contribution in [3.05, 3.63) is 33.1 Å². The van der Waals surface area contributed by atoms with Crippen LogP contribution in [0.1, 0.15) is 10.4 Å². The van der Waals surface area contributed by atoms with Gasteiger partial charge in [0.1, 0.15) is 5.82 Å². The van der Waals surface area contributed by atoms with Crippen LogP contribution in [-0.2, 0) is 0 Å². The van der Waals surface area contributed by atoms with E-state index in [4.69, 9.17) is 0 Å². The maximum atomic E-state index is 13.2. The number of alkyl halides is 2. The zero-order valence-corrected chi connectivity index (χ0v) is 9.59. The van der Waals surface area contributed by atoms with Crippen LogP contribution in [-0.4, -0.2) is 18.9 Å². The molecule has 82 valence electrons. The molecule has 0 saturated heterocycles. The normalized spacial score (nSPS) is 10.5. The standard InChI is InChI=1S/C9H7F3INO/c10-5-2-1-3-6(13)8(5)9(15)14-4-7(11)12/h1-3,7H,4H2,(H,14,15). The number of halogens is 4. The summed E-state index contributed by atoms with van der Waals surface area (Å²) in [4.78, 5) is 11.3. The number of nitrogens with one attached hydrogen (secondary N) is 1. The molecule has 0 fully saturated rings. The second kappa shape index (κ2) is 5.34. The lowest BCUT2D eigenvalue weighted by Gasteiger charge is -2.06. The third-order valence-electron chi connectivity index (χ3n) is 1.61. The molecule has 6 heteroatoms. The topological polar surface area (TPSA) is 29.1 Å². The van der Waals surface area contributed by atoms with E-state index >= 15 is 0 Å². The summed E-state index contributed by atoms with van der Waals surface area (Å²) >= 11 is 1.77. The highest BCUT2D eigenvalue weighted by molar-refractivity contribution is 14.1. The summed E-state index contributed by atoms with van der Waals surface area (Å²) in [6, 6.07) is 4.08. The van der Waals surface area contributed by atoms with Gasteiger partial charge in [-0.1, -0.05) is 6.07 Å². The number of carbonyl (C=O) groups is 1. The molecule has 15 heavy (non-hydrogen) atoms. The van der Waals surface area contributed by atoms with Crippen molar-refractivity contribution in [2.75, 3.05) is 6.54 Å². The van der Waals surface area contributed by atoms with Crippen LogP contribution in [0.25, 0.3) is 0 Å². The first-order valence-corrected chi connectivity index (χ1v) is 5.10. The molecule has 1 N–H and O–H groups in total. The fourth-order valence-corrected chi connectivity index (χ4v) is 1.68. The van der Waals surface area contributed by atoms with Crippen molar-refractivity contribution in [3.8, 4) is 0 Å². The highest BCUT2D eigenvalue weighted by Gasteiger charge is 2.16. The Labute approximate surface area is 98.0 Å². The van der Waals surface area contributed by atoms with Crippen molar-refractivity contribution in [3.63, 3.8) is 0 Å². The SMILES string of the molecule is O=C(NCC(F)F)c1c(F)cccc1I. The monoisotopic (exact) mass is 329 g/mol. The van der Waals surface area contributed by atoms with Gasteiger partial charge in [-0.05, 0) is 34.7 Å². The maximum Gasteiger partial charge on any atom is 0.255 e. The summed E-state index contributed by atoms with van der Waals surface area (Å²) in [6.45, 7) is -0.775. The van der Waals surface area contributed by atoms with E-state index in [-0.39, 0.29) is 5.56 Å². The van der Waals surface area contributed by atoms with E-state index in [1.807, 2.05) is 5.32 Å². The minimum absolute atomic E-state index is 0.196. The lowest BCUT2D eigenvalue weighted by Crippen LogP contribution is -2.29. The van der Waals surface area contributed by atoms with Gasteiger partial charge in [0.05, 0.1) is 12.1 Å². The van der Waals surface area contributed by atoms with Crippen LogP contribution in [0, 0.1) is 9.39 Å². The summed E-state index contributed by atoms with van der Waals surface area (Å²) in [7, 11) is 0. The zero-order chi connectivity index (χ0) is 11.4. The molecule has 0 saturated carbocycles. The molecule has 1 amide bonds. The van der Waals surface area contributed by atoms with Crippen LogP contribution in [0.2, 0.25) is 0 Å². The fraction of sp³-hybridized carbons (Fsp3) is 0.222. The summed E-state index contributed by atoms with van der Waals surface area (Å²) in [5.74, 6) is -1.54. The quantitative estimate of drug-likeness (QED) is 0.848.